The number of pyridine rings is 1. The molecule has 0 bridgehead atoms. The van der Waals surface area contributed by atoms with Gasteiger partial charge in [-0.1, -0.05) is 6.92 Å². The second-order valence-electron chi connectivity index (χ2n) is 3.56. The molecule has 0 unspecified atom stereocenters. The summed E-state index contributed by atoms with van der Waals surface area (Å²) in [5.74, 6) is -0.0561. The van der Waals surface area contributed by atoms with Crippen molar-refractivity contribution >= 4 is 9.84 Å². The van der Waals surface area contributed by atoms with Crippen LogP contribution in [0.5, 0.6) is 0 Å². The normalized spacial score (nSPS) is 11.7. The third-order valence-electron chi connectivity index (χ3n) is 2.66. The number of aromatic amines is 1. The highest BCUT2D eigenvalue weighted by Crippen LogP contribution is 2.16. The van der Waals surface area contributed by atoms with Crippen LogP contribution in [0, 0.1) is 20.8 Å². The molecule has 0 spiro atoms. The lowest BCUT2D eigenvalue weighted by Gasteiger charge is -2.09. The van der Waals surface area contributed by atoms with Gasteiger partial charge in [0, 0.05) is 5.69 Å². The summed E-state index contributed by atoms with van der Waals surface area (Å²) in [6.45, 7) is 6.75. The van der Waals surface area contributed by atoms with Crippen LogP contribution < -0.4 is 5.56 Å². The fourth-order valence-corrected chi connectivity index (χ4v) is 2.70. The summed E-state index contributed by atoms with van der Waals surface area (Å²) in [7, 11) is -3.44. The minimum atomic E-state index is -3.44. The Morgan fingerprint density at radius 3 is 2.13 bits per heavy atom. The number of hydrogen-bond donors (Lipinski definition) is 1. The lowest BCUT2D eigenvalue weighted by molar-refractivity contribution is 0.595. The molecule has 1 N–H and O–H groups in total. The first kappa shape index (κ1) is 12.0. The molecule has 0 aliphatic carbocycles. The predicted octanol–water partition coefficient (Wildman–Crippen LogP) is 1.09. The Kier molecular flexibility index (Phi) is 3.04. The van der Waals surface area contributed by atoms with Crippen molar-refractivity contribution in [1.82, 2.24) is 4.98 Å². The zero-order chi connectivity index (χ0) is 11.8. The van der Waals surface area contributed by atoms with Gasteiger partial charge in [0.2, 0.25) is 0 Å². The third kappa shape index (κ3) is 1.97. The van der Waals surface area contributed by atoms with Gasteiger partial charge in [-0.15, -0.1) is 0 Å². The standard InChI is InChI=1S/C10H15NO3S/c1-5-15(13,14)9-7(3)6(2)8(4)11-10(9)12/h5H2,1-4H3,(H,11,12). The number of aryl methyl sites for hydroxylation is 1. The molecule has 0 fully saturated rings. The summed E-state index contributed by atoms with van der Waals surface area (Å²) < 4.78 is 23.4. The van der Waals surface area contributed by atoms with Gasteiger partial charge in [-0.25, -0.2) is 8.42 Å². The van der Waals surface area contributed by atoms with Crippen LogP contribution in [0.3, 0.4) is 0 Å². The molecule has 0 saturated heterocycles. The number of H-pyrrole nitrogens is 1. The first-order chi connectivity index (χ1) is 6.81. The highest BCUT2D eigenvalue weighted by molar-refractivity contribution is 7.91. The van der Waals surface area contributed by atoms with Gasteiger partial charge in [0.05, 0.1) is 5.75 Å². The molecule has 15 heavy (non-hydrogen) atoms. The minimum Gasteiger partial charge on any atom is -0.325 e. The number of hydrogen-bond acceptors (Lipinski definition) is 3. The maximum atomic E-state index is 11.7. The van der Waals surface area contributed by atoms with E-state index >= 15 is 0 Å². The molecule has 0 radical (unpaired) electrons. The second-order valence-corrected chi connectivity index (χ2v) is 5.78. The molecule has 0 aromatic carbocycles. The molecule has 0 aliphatic heterocycles. The molecule has 5 heteroatoms. The fourth-order valence-electron chi connectivity index (χ4n) is 1.46. The monoisotopic (exact) mass is 229 g/mol. The number of nitrogens with one attached hydrogen (secondary N) is 1. The van der Waals surface area contributed by atoms with Crippen LogP contribution in [0.2, 0.25) is 0 Å². The molecular formula is C10H15NO3S. The Labute approximate surface area is 89.3 Å². The summed E-state index contributed by atoms with van der Waals surface area (Å²) >= 11 is 0. The van der Waals surface area contributed by atoms with Gasteiger partial charge in [-0.2, -0.15) is 0 Å². The smallest absolute Gasteiger partial charge is 0.267 e. The minimum absolute atomic E-state index is 0.0561. The Balaban J connectivity index is 3.73. The highest BCUT2D eigenvalue weighted by atomic mass is 32.2. The number of sulfone groups is 1. The van der Waals surface area contributed by atoms with Gasteiger partial charge < -0.3 is 4.98 Å². The second kappa shape index (κ2) is 3.81. The first-order valence-corrected chi connectivity index (χ1v) is 6.39. The highest BCUT2D eigenvalue weighted by Gasteiger charge is 2.21. The summed E-state index contributed by atoms with van der Waals surface area (Å²) in [6.07, 6.45) is 0. The van der Waals surface area contributed by atoms with E-state index < -0.39 is 15.4 Å². The van der Waals surface area contributed by atoms with E-state index in [-0.39, 0.29) is 10.6 Å². The lowest BCUT2D eigenvalue weighted by Crippen LogP contribution is -2.22. The van der Waals surface area contributed by atoms with Gasteiger partial charge in [-0.3, -0.25) is 4.79 Å². The molecule has 0 amide bonds. The van der Waals surface area contributed by atoms with Gasteiger partial charge in [0.15, 0.2) is 9.84 Å². The SMILES string of the molecule is CCS(=O)(=O)c1c(C)c(C)c(C)[nH]c1=O. The van der Waals surface area contributed by atoms with Crippen molar-refractivity contribution in [2.45, 2.75) is 32.6 Å². The van der Waals surface area contributed by atoms with Gasteiger partial charge in [0.1, 0.15) is 4.90 Å². The van der Waals surface area contributed by atoms with E-state index in [4.69, 9.17) is 0 Å². The summed E-state index contributed by atoms with van der Waals surface area (Å²) in [6, 6.07) is 0. The maximum absolute atomic E-state index is 11.7. The summed E-state index contributed by atoms with van der Waals surface area (Å²) in [4.78, 5) is 14.0. The van der Waals surface area contributed by atoms with Crippen molar-refractivity contribution in [1.29, 1.82) is 0 Å². The van der Waals surface area contributed by atoms with Crippen LogP contribution >= 0.6 is 0 Å². The Bertz CT molecular complexity index is 541. The molecule has 0 atom stereocenters. The Hall–Kier alpha value is -1.10. The number of aromatic nitrogens is 1. The summed E-state index contributed by atoms with van der Waals surface area (Å²) in [5, 5.41) is 0. The molecule has 84 valence electrons. The van der Waals surface area contributed by atoms with Gasteiger partial charge in [-0.05, 0) is 31.9 Å². The zero-order valence-electron chi connectivity index (χ0n) is 9.34. The van der Waals surface area contributed by atoms with E-state index in [1.165, 1.54) is 6.92 Å². The molecule has 1 rings (SSSR count). The van der Waals surface area contributed by atoms with Crippen LogP contribution in [0.15, 0.2) is 9.69 Å². The van der Waals surface area contributed by atoms with E-state index in [0.29, 0.717) is 11.3 Å². The van der Waals surface area contributed by atoms with Crippen LogP contribution in [-0.2, 0) is 9.84 Å². The zero-order valence-corrected chi connectivity index (χ0v) is 10.2. The fraction of sp³-hybridized carbons (Fsp3) is 0.500. The van der Waals surface area contributed by atoms with Crippen LogP contribution in [0.1, 0.15) is 23.7 Å². The van der Waals surface area contributed by atoms with E-state index in [9.17, 15) is 13.2 Å². The molecule has 1 heterocycles. The van der Waals surface area contributed by atoms with Crippen molar-refractivity contribution in [3.63, 3.8) is 0 Å². The first-order valence-electron chi connectivity index (χ1n) is 4.74. The van der Waals surface area contributed by atoms with E-state index in [1.807, 2.05) is 0 Å². The maximum Gasteiger partial charge on any atom is 0.267 e. The van der Waals surface area contributed by atoms with Crippen molar-refractivity contribution in [3.8, 4) is 0 Å². The largest absolute Gasteiger partial charge is 0.325 e. The molecule has 1 aromatic rings. The Morgan fingerprint density at radius 2 is 1.67 bits per heavy atom. The predicted molar refractivity (Wildman–Crippen MR) is 59.0 cm³/mol. The summed E-state index contributed by atoms with van der Waals surface area (Å²) in [5.41, 5.74) is 1.57. The van der Waals surface area contributed by atoms with Crippen LogP contribution in [0.4, 0.5) is 0 Å². The van der Waals surface area contributed by atoms with E-state index in [0.717, 1.165) is 5.56 Å². The van der Waals surface area contributed by atoms with Crippen LogP contribution in [-0.4, -0.2) is 19.2 Å². The third-order valence-corrected chi connectivity index (χ3v) is 4.54. The van der Waals surface area contributed by atoms with E-state index in [2.05, 4.69) is 4.98 Å². The van der Waals surface area contributed by atoms with Crippen LogP contribution in [0.25, 0.3) is 0 Å². The average molecular weight is 229 g/mol. The van der Waals surface area contributed by atoms with Gasteiger partial charge in [0.25, 0.3) is 5.56 Å². The molecule has 1 aromatic heterocycles. The van der Waals surface area contributed by atoms with E-state index in [1.54, 1.807) is 20.8 Å². The average Bonchev–Trinajstić information content (AvgIpc) is 2.14. The van der Waals surface area contributed by atoms with Crippen molar-refractivity contribution in [2.75, 3.05) is 5.75 Å². The quantitative estimate of drug-likeness (QED) is 0.825. The van der Waals surface area contributed by atoms with Crippen molar-refractivity contribution in [2.24, 2.45) is 0 Å². The topological polar surface area (TPSA) is 67.0 Å². The molecule has 4 nitrogen and oxygen atoms in total. The van der Waals surface area contributed by atoms with Gasteiger partial charge >= 0.3 is 0 Å². The van der Waals surface area contributed by atoms with Crippen molar-refractivity contribution < 1.29 is 8.42 Å². The number of rotatable bonds is 2. The molecular weight excluding hydrogens is 214 g/mol. The van der Waals surface area contributed by atoms with Crippen molar-refractivity contribution in [3.05, 3.63) is 27.2 Å². The molecule has 0 saturated carbocycles. The lowest BCUT2D eigenvalue weighted by atomic mass is 10.1. The molecule has 0 aliphatic rings. The Morgan fingerprint density at radius 1 is 1.13 bits per heavy atom.